The molecule has 1 heterocycles. The van der Waals surface area contributed by atoms with Crippen molar-refractivity contribution in [3.05, 3.63) is 36.1 Å². The lowest BCUT2D eigenvalue weighted by atomic mass is 10.3. The Hall–Kier alpha value is -2.37. The van der Waals surface area contributed by atoms with Crippen molar-refractivity contribution in [1.29, 1.82) is 0 Å². The lowest BCUT2D eigenvalue weighted by molar-refractivity contribution is 0.628. The van der Waals surface area contributed by atoms with E-state index in [2.05, 4.69) is 20.6 Å². The standard InChI is InChI=1S/C11H12FN5/c1-14-9-6-10(17-11(13)16-9)15-8-4-2-7(12)3-5-8/h2-6H,1H3,(H4,13,14,15,16,17). The number of nitrogen functional groups attached to an aromatic ring is 1. The Morgan fingerprint density at radius 2 is 1.76 bits per heavy atom. The first kappa shape index (κ1) is 11.1. The molecule has 0 amide bonds. The van der Waals surface area contributed by atoms with Crippen LogP contribution in [-0.2, 0) is 0 Å². The van der Waals surface area contributed by atoms with E-state index in [1.54, 1.807) is 25.2 Å². The summed E-state index contributed by atoms with van der Waals surface area (Å²) < 4.78 is 12.7. The number of hydrogen-bond donors (Lipinski definition) is 3. The smallest absolute Gasteiger partial charge is 0.223 e. The van der Waals surface area contributed by atoms with E-state index in [9.17, 15) is 4.39 Å². The van der Waals surface area contributed by atoms with Gasteiger partial charge in [0.25, 0.3) is 0 Å². The molecule has 0 fully saturated rings. The molecule has 0 bridgehead atoms. The highest BCUT2D eigenvalue weighted by Crippen LogP contribution is 2.18. The van der Waals surface area contributed by atoms with Gasteiger partial charge in [-0.2, -0.15) is 9.97 Å². The number of benzene rings is 1. The molecule has 0 atom stereocenters. The van der Waals surface area contributed by atoms with Gasteiger partial charge in [0.15, 0.2) is 0 Å². The summed E-state index contributed by atoms with van der Waals surface area (Å²) >= 11 is 0. The summed E-state index contributed by atoms with van der Waals surface area (Å²) in [7, 11) is 1.74. The lowest BCUT2D eigenvalue weighted by Gasteiger charge is -2.07. The molecule has 6 heteroatoms. The van der Waals surface area contributed by atoms with E-state index in [-0.39, 0.29) is 11.8 Å². The maximum atomic E-state index is 12.7. The van der Waals surface area contributed by atoms with Gasteiger partial charge in [-0.1, -0.05) is 0 Å². The van der Waals surface area contributed by atoms with E-state index < -0.39 is 0 Å². The highest BCUT2D eigenvalue weighted by Gasteiger charge is 2.01. The number of hydrogen-bond acceptors (Lipinski definition) is 5. The molecule has 17 heavy (non-hydrogen) atoms. The minimum Gasteiger partial charge on any atom is -0.373 e. The first-order valence-electron chi connectivity index (χ1n) is 5.02. The first-order valence-corrected chi connectivity index (χ1v) is 5.02. The van der Waals surface area contributed by atoms with Crippen molar-refractivity contribution in [2.75, 3.05) is 23.4 Å². The van der Waals surface area contributed by atoms with E-state index in [1.165, 1.54) is 12.1 Å². The molecule has 2 rings (SSSR count). The fourth-order valence-corrected chi connectivity index (χ4v) is 1.34. The first-order chi connectivity index (χ1) is 8.17. The zero-order valence-corrected chi connectivity index (χ0v) is 9.24. The topological polar surface area (TPSA) is 75.9 Å². The predicted octanol–water partition coefficient (Wildman–Crippen LogP) is 1.98. The summed E-state index contributed by atoms with van der Waals surface area (Å²) in [5, 5.41) is 5.88. The molecule has 0 aliphatic carbocycles. The van der Waals surface area contributed by atoms with Crippen LogP contribution in [-0.4, -0.2) is 17.0 Å². The highest BCUT2D eigenvalue weighted by molar-refractivity contribution is 5.60. The fourth-order valence-electron chi connectivity index (χ4n) is 1.34. The Labute approximate surface area is 97.9 Å². The van der Waals surface area contributed by atoms with Crippen molar-refractivity contribution in [1.82, 2.24) is 9.97 Å². The molecule has 0 aliphatic heterocycles. The molecule has 4 N–H and O–H groups in total. The fraction of sp³-hybridized carbons (Fsp3) is 0.0909. The summed E-state index contributed by atoms with van der Waals surface area (Å²) in [6.45, 7) is 0. The molecule has 0 spiro atoms. The molecule has 0 unspecified atom stereocenters. The van der Waals surface area contributed by atoms with Gasteiger partial charge in [-0.3, -0.25) is 0 Å². The predicted molar refractivity (Wildman–Crippen MR) is 65.7 cm³/mol. The number of nitrogens with one attached hydrogen (secondary N) is 2. The van der Waals surface area contributed by atoms with Crippen LogP contribution in [0.5, 0.6) is 0 Å². The Balaban J connectivity index is 2.23. The van der Waals surface area contributed by atoms with Gasteiger partial charge in [0.2, 0.25) is 5.95 Å². The van der Waals surface area contributed by atoms with E-state index >= 15 is 0 Å². The molecule has 1 aromatic carbocycles. The number of anilines is 4. The van der Waals surface area contributed by atoms with Crippen LogP contribution in [0.1, 0.15) is 0 Å². The van der Waals surface area contributed by atoms with Crippen molar-refractivity contribution < 1.29 is 4.39 Å². The van der Waals surface area contributed by atoms with Gasteiger partial charge >= 0.3 is 0 Å². The van der Waals surface area contributed by atoms with Crippen LogP contribution < -0.4 is 16.4 Å². The molecule has 88 valence electrons. The molecule has 0 saturated heterocycles. The Kier molecular flexibility index (Phi) is 3.04. The summed E-state index contributed by atoms with van der Waals surface area (Å²) in [5.41, 5.74) is 6.28. The van der Waals surface area contributed by atoms with Crippen molar-refractivity contribution >= 4 is 23.3 Å². The monoisotopic (exact) mass is 233 g/mol. The van der Waals surface area contributed by atoms with Gasteiger partial charge in [-0.25, -0.2) is 4.39 Å². The molecule has 0 radical (unpaired) electrons. The van der Waals surface area contributed by atoms with Crippen molar-refractivity contribution in [2.24, 2.45) is 0 Å². The average molecular weight is 233 g/mol. The Bertz CT molecular complexity index is 512. The van der Waals surface area contributed by atoms with Crippen LogP contribution in [0, 0.1) is 5.82 Å². The van der Waals surface area contributed by atoms with E-state index in [1.807, 2.05) is 0 Å². The SMILES string of the molecule is CNc1cc(Nc2ccc(F)cc2)nc(N)n1. The largest absolute Gasteiger partial charge is 0.373 e. The van der Waals surface area contributed by atoms with Gasteiger partial charge in [0, 0.05) is 18.8 Å². The number of halogens is 1. The molecular weight excluding hydrogens is 221 g/mol. The summed E-state index contributed by atoms with van der Waals surface area (Å²) in [6, 6.07) is 7.68. The maximum Gasteiger partial charge on any atom is 0.223 e. The minimum atomic E-state index is -0.284. The molecule has 2 aromatic rings. The second-order valence-corrected chi connectivity index (χ2v) is 3.38. The van der Waals surface area contributed by atoms with Crippen LogP contribution in [0.2, 0.25) is 0 Å². The summed E-state index contributed by atoms with van der Waals surface area (Å²) in [4.78, 5) is 7.98. The van der Waals surface area contributed by atoms with Gasteiger partial charge in [0.05, 0.1) is 0 Å². The van der Waals surface area contributed by atoms with E-state index in [0.717, 1.165) is 5.69 Å². The molecule has 5 nitrogen and oxygen atoms in total. The second kappa shape index (κ2) is 4.65. The molecule has 0 saturated carbocycles. The van der Waals surface area contributed by atoms with Crippen LogP contribution in [0.3, 0.4) is 0 Å². The minimum absolute atomic E-state index is 0.168. The highest BCUT2D eigenvalue weighted by atomic mass is 19.1. The Morgan fingerprint density at radius 1 is 1.12 bits per heavy atom. The number of nitrogens with zero attached hydrogens (tertiary/aromatic N) is 2. The third kappa shape index (κ3) is 2.81. The molecule has 0 aliphatic rings. The van der Waals surface area contributed by atoms with Gasteiger partial charge in [0.1, 0.15) is 17.5 Å². The number of rotatable bonds is 3. The second-order valence-electron chi connectivity index (χ2n) is 3.38. The third-order valence-corrected chi connectivity index (χ3v) is 2.12. The maximum absolute atomic E-state index is 12.7. The number of nitrogens with two attached hydrogens (primary N) is 1. The average Bonchev–Trinajstić information content (AvgIpc) is 2.31. The normalized spacial score (nSPS) is 10.0. The Morgan fingerprint density at radius 3 is 2.41 bits per heavy atom. The van der Waals surface area contributed by atoms with E-state index in [0.29, 0.717) is 11.6 Å². The van der Waals surface area contributed by atoms with Gasteiger partial charge < -0.3 is 16.4 Å². The van der Waals surface area contributed by atoms with Gasteiger partial charge in [-0.05, 0) is 24.3 Å². The zero-order chi connectivity index (χ0) is 12.3. The van der Waals surface area contributed by atoms with Crippen molar-refractivity contribution in [3.63, 3.8) is 0 Å². The summed E-state index contributed by atoms with van der Waals surface area (Å²) in [6.07, 6.45) is 0. The van der Waals surface area contributed by atoms with Crippen LogP contribution >= 0.6 is 0 Å². The molecular formula is C11H12FN5. The lowest BCUT2D eigenvalue weighted by Crippen LogP contribution is -2.03. The van der Waals surface area contributed by atoms with Crippen LogP contribution in [0.15, 0.2) is 30.3 Å². The van der Waals surface area contributed by atoms with Crippen molar-refractivity contribution in [3.8, 4) is 0 Å². The number of aromatic nitrogens is 2. The quantitative estimate of drug-likeness (QED) is 0.755. The van der Waals surface area contributed by atoms with E-state index in [4.69, 9.17) is 5.73 Å². The summed E-state index contributed by atoms with van der Waals surface area (Å²) in [5.74, 6) is 1.05. The van der Waals surface area contributed by atoms with Crippen molar-refractivity contribution in [2.45, 2.75) is 0 Å². The molecule has 1 aromatic heterocycles. The third-order valence-electron chi connectivity index (χ3n) is 2.12. The van der Waals surface area contributed by atoms with Crippen LogP contribution in [0.4, 0.5) is 27.7 Å². The zero-order valence-electron chi connectivity index (χ0n) is 9.24. The van der Waals surface area contributed by atoms with Gasteiger partial charge in [-0.15, -0.1) is 0 Å². The van der Waals surface area contributed by atoms with Crippen LogP contribution in [0.25, 0.3) is 0 Å².